The van der Waals surface area contributed by atoms with E-state index in [0.29, 0.717) is 44.5 Å². The number of aromatic hydroxyl groups is 4. The van der Waals surface area contributed by atoms with Gasteiger partial charge in [-0.05, 0) is 141 Å². The fourth-order valence-electron chi connectivity index (χ4n) is 10.7. The number of aryl methyl sites for hydroxylation is 6. The van der Waals surface area contributed by atoms with Crippen molar-refractivity contribution in [3.8, 4) is 23.0 Å². The van der Waals surface area contributed by atoms with E-state index in [9.17, 15) is 20.4 Å². The normalized spacial score (nSPS) is 15.8. The van der Waals surface area contributed by atoms with Crippen LogP contribution in [-0.4, -0.2) is 20.4 Å². The summed E-state index contributed by atoms with van der Waals surface area (Å²) in [7, 11) is 0. The molecule has 6 aromatic carbocycles. The second-order valence-electron chi connectivity index (χ2n) is 24.1. The molecule has 4 N–H and O–H groups in total. The molecule has 0 heterocycles. The van der Waals surface area contributed by atoms with Gasteiger partial charge in [0.2, 0.25) is 0 Å². The summed E-state index contributed by atoms with van der Waals surface area (Å²) in [6.07, 6.45) is 0.502. The highest BCUT2D eigenvalue weighted by Gasteiger charge is 2.36. The molecule has 4 heteroatoms. The highest BCUT2D eigenvalue weighted by atomic mass is 16.3. The summed E-state index contributed by atoms with van der Waals surface area (Å²) < 4.78 is 0. The zero-order valence-corrected chi connectivity index (χ0v) is 43.3. The first-order chi connectivity index (χ1) is 30.4. The first-order valence-electron chi connectivity index (χ1n) is 24.0. The van der Waals surface area contributed by atoms with Crippen LogP contribution in [0.5, 0.6) is 23.0 Å². The maximum absolute atomic E-state index is 13.1. The second kappa shape index (κ2) is 16.7. The average molecular weight is 885 g/mol. The third-order valence-electron chi connectivity index (χ3n) is 14.4. The van der Waals surface area contributed by atoms with Crippen LogP contribution in [0.2, 0.25) is 0 Å². The number of hydrogen-bond acceptors (Lipinski definition) is 4. The van der Waals surface area contributed by atoms with Gasteiger partial charge in [0, 0.05) is 46.9 Å². The van der Waals surface area contributed by atoms with Crippen molar-refractivity contribution in [1.29, 1.82) is 0 Å². The molecule has 348 valence electrons. The molecule has 0 radical (unpaired) electrons. The predicted molar refractivity (Wildman–Crippen MR) is 276 cm³/mol. The van der Waals surface area contributed by atoms with E-state index in [4.69, 9.17) is 0 Å². The summed E-state index contributed by atoms with van der Waals surface area (Å²) in [4.78, 5) is 0. The van der Waals surface area contributed by atoms with E-state index < -0.39 is 11.8 Å². The van der Waals surface area contributed by atoms with E-state index >= 15 is 0 Å². The van der Waals surface area contributed by atoms with E-state index in [0.717, 1.165) is 66.8 Å². The Balaban J connectivity index is 1.76. The maximum Gasteiger partial charge on any atom is 0.123 e. The summed E-state index contributed by atoms with van der Waals surface area (Å²) in [5.41, 5.74) is 17.3. The summed E-state index contributed by atoms with van der Waals surface area (Å²) in [5.74, 6) is -0.502. The fourth-order valence-corrected chi connectivity index (χ4v) is 10.7. The summed E-state index contributed by atoms with van der Waals surface area (Å²) in [6, 6.07) is 25.8. The number of benzene rings is 6. The molecule has 6 aromatic rings. The predicted octanol–water partition coefficient (Wildman–Crippen LogP) is 15.4. The lowest BCUT2D eigenvalue weighted by molar-refractivity contribution is 0.444. The molecule has 8 bridgehead atoms. The number of hydrogen-bond donors (Lipinski definition) is 4. The quantitative estimate of drug-likeness (QED) is 0.139. The Morgan fingerprint density at radius 3 is 0.697 bits per heavy atom. The Morgan fingerprint density at radius 1 is 0.318 bits per heavy atom. The standard InChI is InChI=1S/C62H76O4/c1-33-19-35(3)51(36(4)20-33)53-47-29-43(59(7,8)9)25-39(55(47)63)23-41-27-45(61(13,14)15)31-49(57(41)65)54(52-37(5)21-34(2)22-38(52)6)50-32-46(62(16,17)18)28-42(58(50)66)24-40-26-44(60(10,11)12)30-48(53)56(40)64/h19-22,25-32,53-54,63-66H,23-24H2,1-18H3. The van der Waals surface area contributed by atoms with E-state index in [1.54, 1.807) is 0 Å². The van der Waals surface area contributed by atoms with Gasteiger partial charge < -0.3 is 20.4 Å². The number of phenolic OH excluding ortho intramolecular Hbond substituents is 4. The van der Waals surface area contributed by atoms with Crippen molar-refractivity contribution < 1.29 is 20.4 Å². The molecule has 4 nitrogen and oxygen atoms in total. The summed E-state index contributed by atoms with van der Waals surface area (Å²) in [6.45, 7) is 39.1. The molecule has 0 spiro atoms. The SMILES string of the molecule is Cc1cc(C)c(C2c3cc(C(C)(C)C)cc(c3O)Cc3cc(C(C)(C)C)cc(c3O)C(c3c(C)cc(C)cc3C)c3cc(C(C)(C)C)cc(c3O)Cc3cc(C(C)(C)C)cc2c3O)c(C)c1. The van der Waals surface area contributed by atoms with Crippen LogP contribution in [-0.2, 0) is 34.5 Å². The Bertz CT molecular complexity index is 2510. The highest BCUT2D eigenvalue weighted by molar-refractivity contribution is 5.66. The maximum atomic E-state index is 13.1. The summed E-state index contributed by atoms with van der Waals surface area (Å²) in [5, 5.41) is 52.4. The molecule has 0 amide bonds. The van der Waals surface area contributed by atoms with Gasteiger partial charge in [-0.2, -0.15) is 0 Å². The lowest BCUT2D eigenvalue weighted by Crippen LogP contribution is -2.19. The van der Waals surface area contributed by atoms with Gasteiger partial charge in [0.05, 0.1) is 0 Å². The van der Waals surface area contributed by atoms with Gasteiger partial charge in [0.1, 0.15) is 23.0 Å². The molecular formula is C62H76O4. The van der Waals surface area contributed by atoms with Crippen molar-refractivity contribution in [3.05, 3.63) is 184 Å². The minimum Gasteiger partial charge on any atom is -0.507 e. The van der Waals surface area contributed by atoms with Gasteiger partial charge >= 0.3 is 0 Å². The van der Waals surface area contributed by atoms with E-state index in [1.807, 2.05) is 0 Å². The van der Waals surface area contributed by atoms with Gasteiger partial charge in [0.25, 0.3) is 0 Å². The van der Waals surface area contributed by atoms with Crippen molar-refractivity contribution in [2.24, 2.45) is 0 Å². The van der Waals surface area contributed by atoms with Crippen LogP contribution in [0.15, 0.2) is 72.8 Å². The Kier molecular flexibility index (Phi) is 12.3. The molecule has 0 saturated carbocycles. The lowest BCUT2D eigenvalue weighted by atomic mass is 9.72. The number of fused-ring (bicyclic) bond motifs is 8. The Morgan fingerprint density at radius 2 is 0.515 bits per heavy atom. The minimum absolute atomic E-state index is 0.156. The van der Waals surface area contributed by atoms with Crippen molar-refractivity contribution >= 4 is 0 Å². The van der Waals surface area contributed by atoms with Crippen LogP contribution >= 0.6 is 0 Å². The molecule has 0 fully saturated rings. The van der Waals surface area contributed by atoms with Crippen molar-refractivity contribution in [2.45, 2.75) is 171 Å². The molecule has 0 saturated heterocycles. The third kappa shape index (κ3) is 9.02. The average Bonchev–Trinajstić information content (AvgIpc) is 3.16. The number of rotatable bonds is 2. The second-order valence-corrected chi connectivity index (χ2v) is 24.1. The van der Waals surface area contributed by atoms with Crippen LogP contribution in [0.4, 0.5) is 0 Å². The van der Waals surface area contributed by atoms with Crippen LogP contribution in [0.25, 0.3) is 0 Å². The molecule has 0 atom stereocenters. The number of phenols is 4. The minimum atomic E-state index is -0.562. The largest absolute Gasteiger partial charge is 0.507 e. The van der Waals surface area contributed by atoms with Crippen molar-refractivity contribution in [2.75, 3.05) is 0 Å². The Labute approximate surface area is 396 Å². The fraction of sp³-hybridized carbons (Fsp3) is 0.419. The van der Waals surface area contributed by atoms with Crippen molar-refractivity contribution in [3.63, 3.8) is 0 Å². The molecule has 0 aromatic heterocycles. The monoisotopic (exact) mass is 885 g/mol. The molecule has 1 aliphatic rings. The molecule has 66 heavy (non-hydrogen) atoms. The topological polar surface area (TPSA) is 80.9 Å². The van der Waals surface area contributed by atoms with Gasteiger partial charge in [-0.25, -0.2) is 0 Å². The van der Waals surface area contributed by atoms with Crippen LogP contribution in [0.1, 0.15) is 206 Å². The smallest absolute Gasteiger partial charge is 0.123 e. The molecule has 7 rings (SSSR count). The van der Waals surface area contributed by atoms with Gasteiger partial charge in [0.15, 0.2) is 0 Å². The van der Waals surface area contributed by atoms with Crippen LogP contribution in [0.3, 0.4) is 0 Å². The lowest BCUT2D eigenvalue weighted by Gasteiger charge is -2.32. The molecular weight excluding hydrogens is 809 g/mol. The van der Waals surface area contributed by atoms with Gasteiger partial charge in [-0.15, -0.1) is 0 Å². The van der Waals surface area contributed by atoms with Crippen LogP contribution in [0, 0.1) is 41.5 Å². The highest BCUT2D eigenvalue weighted by Crippen LogP contribution is 2.52. The Hall–Kier alpha value is -5.48. The van der Waals surface area contributed by atoms with Gasteiger partial charge in [-0.3, -0.25) is 0 Å². The summed E-state index contributed by atoms with van der Waals surface area (Å²) >= 11 is 0. The van der Waals surface area contributed by atoms with Crippen LogP contribution < -0.4 is 0 Å². The molecule has 0 unspecified atom stereocenters. The van der Waals surface area contributed by atoms with Crippen molar-refractivity contribution in [1.82, 2.24) is 0 Å². The third-order valence-corrected chi connectivity index (χ3v) is 14.4. The van der Waals surface area contributed by atoms with E-state index in [-0.39, 0.29) is 57.5 Å². The van der Waals surface area contributed by atoms with E-state index in [2.05, 4.69) is 197 Å². The molecule has 1 aliphatic carbocycles. The zero-order chi connectivity index (χ0) is 48.9. The first-order valence-corrected chi connectivity index (χ1v) is 24.0. The first kappa shape index (κ1) is 48.5. The zero-order valence-electron chi connectivity index (χ0n) is 43.3. The molecule has 0 aliphatic heterocycles. The van der Waals surface area contributed by atoms with Gasteiger partial charge in [-0.1, -0.05) is 167 Å². The van der Waals surface area contributed by atoms with E-state index in [1.165, 1.54) is 0 Å².